The third-order valence-corrected chi connectivity index (χ3v) is 7.67. The highest BCUT2D eigenvalue weighted by Gasteiger charge is 2.27. The Kier molecular flexibility index (Phi) is 4.11. The number of aryl methyl sites for hydroxylation is 1. The predicted molar refractivity (Wildman–Crippen MR) is 103 cm³/mol. The number of H-pyrrole nitrogens is 1. The second kappa shape index (κ2) is 6.21. The highest BCUT2D eigenvalue weighted by Crippen LogP contribution is 2.37. The van der Waals surface area contributed by atoms with Gasteiger partial charge in [0.1, 0.15) is 14.8 Å². The van der Waals surface area contributed by atoms with Gasteiger partial charge in [0.25, 0.3) is 5.91 Å². The summed E-state index contributed by atoms with van der Waals surface area (Å²) in [5, 5.41) is 3.73. The number of rotatable bonds is 3. The fourth-order valence-corrected chi connectivity index (χ4v) is 5.87. The van der Waals surface area contributed by atoms with E-state index in [2.05, 4.69) is 9.97 Å². The number of carbonyl (C=O) groups is 1. The lowest BCUT2D eigenvalue weighted by Gasteiger charge is -2.21. The Morgan fingerprint density at radius 2 is 2.04 bits per heavy atom. The van der Waals surface area contributed by atoms with E-state index < -0.39 is 15.7 Å². The molecule has 26 heavy (non-hydrogen) atoms. The lowest BCUT2D eigenvalue weighted by molar-refractivity contribution is 0.100. The standard InChI is InChI=1S/C18H19N3O3S2/c1-10-9-25-18(21-10)12-6-13-15(11-2-4-26(23,24)5-3-11)8-20-16(13)14(7-12)17(19)22/h6-9,11,20H,2-5H2,1H3,(H2,19,22). The van der Waals surface area contributed by atoms with E-state index in [1.54, 1.807) is 6.07 Å². The van der Waals surface area contributed by atoms with Gasteiger partial charge >= 0.3 is 0 Å². The summed E-state index contributed by atoms with van der Waals surface area (Å²) in [4.78, 5) is 19.7. The fraction of sp³-hybridized carbons (Fsp3) is 0.333. The van der Waals surface area contributed by atoms with Crippen molar-refractivity contribution in [3.8, 4) is 10.6 Å². The summed E-state index contributed by atoms with van der Waals surface area (Å²) < 4.78 is 23.5. The summed E-state index contributed by atoms with van der Waals surface area (Å²) in [6.45, 7) is 1.93. The number of aromatic nitrogens is 2. The van der Waals surface area contributed by atoms with Crippen LogP contribution in [0.5, 0.6) is 0 Å². The molecule has 3 N–H and O–H groups in total. The van der Waals surface area contributed by atoms with Crippen molar-refractivity contribution in [3.05, 3.63) is 40.5 Å². The molecule has 0 aliphatic carbocycles. The van der Waals surface area contributed by atoms with Gasteiger partial charge in [0.2, 0.25) is 0 Å². The van der Waals surface area contributed by atoms with Crippen molar-refractivity contribution in [1.82, 2.24) is 9.97 Å². The molecule has 4 rings (SSSR count). The van der Waals surface area contributed by atoms with Crippen molar-refractivity contribution in [2.75, 3.05) is 11.5 Å². The number of aromatic amines is 1. The summed E-state index contributed by atoms with van der Waals surface area (Å²) in [5.41, 5.74) is 9.57. The van der Waals surface area contributed by atoms with E-state index in [0.29, 0.717) is 23.9 Å². The molecule has 8 heteroatoms. The number of nitrogens with two attached hydrogens (primary N) is 1. The zero-order chi connectivity index (χ0) is 18.5. The Bertz CT molecular complexity index is 1100. The van der Waals surface area contributed by atoms with E-state index in [0.717, 1.165) is 27.2 Å². The Morgan fingerprint density at radius 3 is 2.65 bits per heavy atom. The van der Waals surface area contributed by atoms with E-state index in [9.17, 15) is 13.2 Å². The van der Waals surface area contributed by atoms with E-state index in [1.165, 1.54) is 11.3 Å². The summed E-state index contributed by atoms with van der Waals surface area (Å²) in [6, 6.07) is 3.80. The van der Waals surface area contributed by atoms with Gasteiger partial charge in [-0.25, -0.2) is 13.4 Å². The van der Waals surface area contributed by atoms with Gasteiger partial charge < -0.3 is 10.7 Å². The zero-order valence-electron chi connectivity index (χ0n) is 14.3. The molecular formula is C18H19N3O3S2. The average molecular weight is 390 g/mol. The quantitative estimate of drug-likeness (QED) is 0.718. The molecule has 6 nitrogen and oxygen atoms in total. The van der Waals surface area contributed by atoms with Gasteiger partial charge in [-0.05, 0) is 43.4 Å². The van der Waals surface area contributed by atoms with Crippen LogP contribution >= 0.6 is 11.3 Å². The van der Waals surface area contributed by atoms with E-state index in [4.69, 9.17) is 5.73 Å². The van der Waals surface area contributed by atoms with Crippen molar-refractivity contribution in [3.63, 3.8) is 0 Å². The third-order valence-electron chi connectivity index (χ3n) is 4.95. The summed E-state index contributed by atoms with van der Waals surface area (Å²) in [5.74, 6) is 0.0718. The highest BCUT2D eigenvalue weighted by molar-refractivity contribution is 7.91. The molecule has 3 aromatic rings. The van der Waals surface area contributed by atoms with Gasteiger partial charge in [-0.3, -0.25) is 4.79 Å². The number of carbonyl (C=O) groups excluding carboxylic acids is 1. The van der Waals surface area contributed by atoms with Crippen LogP contribution in [0.2, 0.25) is 0 Å². The molecule has 1 saturated heterocycles. The first-order valence-electron chi connectivity index (χ1n) is 8.42. The molecule has 1 fully saturated rings. The van der Waals surface area contributed by atoms with Crippen molar-refractivity contribution in [1.29, 1.82) is 0 Å². The van der Waals surface area contributed by atoms with Gasteiger partial charge in [-0.1, -0.05) is 0 Å². The average Bonchev–Trinajstić information content (AvgIpc) is 3.20. The first-order valence-corrected chi connectivity index (χ1v) is 11.1. The Hall–Kier alpha value is -2.19. The second-order valence-electron chi connectivity index (χ2n) is 6.77. The van der Waals surface area contributed by atoms with Crippen LogP contribution in [0.4, 0.5) is 0 Å². The number of thiazole rings is 1. The van der Waals surface area contributed by atoms with Crippen LogP contribution < -0.4 is 5.73 Å². The molecule has 1 amide bonds. The number of hydrogen-bond acceptors (Lipinski definition) is 5. The van der Waals surface area contributed by atoms with Crippen molar-refractivity contribution in [2.24, 2.45) is 5.73 Å². The van der Waals surface area contributed by atoms with Crippen LogP contribution in [0.15, 0.2) is 23.7 Å². The maximum Gasteiger partial charge on any atom is 0.250 e. The van der Waals surface area contributed by atoms with Crippen LogP contribution in [0, 0.1) is 6.92 Å². The molecule has 1 aliphatic heterocycles. The van der Waals surface area contributed by atoms with Crippen molar-refractivity contribution < 1.29 is 13.2 Å². The molecule has 0 bridgehead atoms. The number of benzene rings is 1. The molecule has 0 atom stereocenters. The molecule has 1 aromatic carbocycles. The SMILES string of the molecule is Cc1csc(-c2cc(C(N)=O)c3[nH]cc(C4CCS(=O)(=O)CC4)c3c2)n1. The number of sulfone groups is 1. The number of hydrogen-bond donors (Lipinski definition) is 2. The Balaban J connectivity index is 1.85. The number of fused-ring (bicyclic) bond motifs is 1. The first kappa shape index (κ1) is 17.2. The first-order chi connectivity index (χ1) is 12.3. The molecule has 0 unspecified atom stereocenters. The zero-order valence-corrected chi connectivity index (χ0v) is 15.9. The molecule has 2 aromatic heterocycles. The lowest BCUT2D eigenvalue weighted by Crippen LogP contribution is -2.22. The minimum Gasteiger partial charge on any atom is -0.366 e. The number of primary amides is 1. The molecular weight excluding hydrogens is 370 g/mol. The molecule has 0 saturated carbocycles. The third kappa shape index (κ3) is 3.03. The second-order valence-corrected chi connectivity index (χ2v) is 9.94. The van der Waals surface area contributed by atoms with E-state index >= 15 is 0 Å². The van der Waals surface area contributed by atoms with Gasteiger partial charge in [0, 0.05) is 28.2 Å². The van der Waals surface area contributed by atoms with Crippen LogP contribution in [0.25, 0.3) is 21.5 Å². The Labute approximate surface area is 155 Å². The smallest absolute Gasteiger partial charge is 0.250 e. The summed E-state index contributed by atoms with van der Waals surface area (Å²) in [6.07, 6.45) is 3.08. The van der Waals surface area contributed by atoms with E-state index in [-0.39, 0.29) is 17.4 Å². The van der Waals surface area contributed by atoms with Crippen LogP contribution in [-0.4, -0.2) is 35.8 Å². The number of nitrogens with zero attached hydrogens (tertiary/aromatic N) is 1. The summed E-state index contributed by atoms with van der Waals surface area (Å²) in [7, 11) is -2.92. The predicted octanol–water partition coefficient (Wildman–Crippen LogP) is 2.99. The topological polar surface area (TPSA) is 106 Å². The maximum atomic E-state index is 12.0. The van der Waals surface area contributed by atoms with Gasteiger partial charge in [-0.15, -0.1) is 11.3 Å². The van der Waals surface area contributed by atoms with Crippen LogP contribution in [0.1, 0.15) is 40.4 Å². The molecule has 136 valence electrons. The van der Waals surface area contributed by atoms with Crippen molar-refractivity contribution in [2.45, 2.75) is 25.7 Å². The Morgan fingerprint density at radius 1 is 1.31 bits per heavy atom. The molecule has 0 spiro atoms. The summed E-state index contributed by atoms with van der Waals surface area (Å²) >= 11 is 1.52. The van der Waals surface area contributed by atoms with Crippen molar-refractivity contribution >= 4 is 38.0 Å². The minimum absolute atomic E-state index is 0.154. The highest BCUT2D eigenvalue weighted by atomic mass is 32.2. The maximum absolute atomic E-state index is 12.0. The van der Waals surface area contributed by atoms with Crippen LogP contribution in [-0.2, 0) is 9.84 Å². The molecule has 1 aliphatic rings. The monoisotopic (exact) mass is 389 g/mol. The van der Waals surface area contributed by atoms with E-state index in [1.807, 2.05) is 24.6 Å². The molecule has 3 heterocycles. The number of nitrogens with one attached hydrogen (secondary N) is 1. The van der Waals surface area contributed by atoms with Crippen LogP contribution in [0.3, 0.4) is 0 Å². The number of amides is 1. The fourth-order valence-electron chi connectivity index (χ4n) is 3.60. The lowest BCUT2D eigenvalue weighted by atomic mass is 9.92. The largest absolute Gasteiger partial charge is 0.366 e. The van der Waals surface area contributed by atoms with Gasteiger partial charge in [0.05, 0.1) is 22.6 Å². The van der Waals surface area contributed by atoms with Gasteiger partial charge in [-0.2, -0.15) is 0 Å². The minimum atomic E-state index is -2.92. The normalized spacial score (nSPS) is 17.6. The molecule has 0 radical (unpaired) electrons. The van der Waals surface area contributed by atoms with Gasteiger partial charge in [0.15, 0.2) is 0 Å².